The van der Waals surface area contributed by atoms with E-state index in [1.807, 2.05) is 0 Å². The van der Waals surface area contributed by atoms with Crippen molar-refractivity contribution in [3.05, 3.63) is 71.8 Å². The first-order valence-electron chi connectivity index (χ1n) is 5.24. The first-order valence-corrected chi connectivity index (χ1v) is 8.20. The van der Waals surface area contributed by atoms with Crippen molar-refractivity contribution in [3.8, 4) is 0 Å². The van der Waals surface area contributed by atoms with Gasteiger partial charge in [0.05, 0.1) is 0 Å². The summed E-state index contributed by atoms with van der Waals surface area (Å²) in [6.07, 6.45) is 0. The zero-order valence-electron chi connectivity index (χ0n) is 9.50. The van der Waals surface area contributed by atoms with E-state index < -0.39 is 0 Å². The molecule has 0 aliphatic rings. The van der Waals surface area contributed by atoms with E-state index in [2.05, 4.69) is 60.7 Å². The topological polar surface area (TPSA) is 0 Å². The molecule has 0 nitrogen and oxygen atoms in total. The van der Waals surface area contributed by atoms with Gasteiger partial charge in [0.15, 0.2) is 0 Å². The first-order chi connectivity index (χ1) is 7.45. The van der Waals surface area contributed by atoms with Crippen LogP contribution in [0.3, 0.4) is 0 Å². The average Bonchev–Trinajstić information content (AvgIpc) is 2.32. The third-order valence-electron chi connectivity index (χ3n) is 2.34. The van der Waals surface area contributed by atoms with Crippen LogP contribution in [0.5, 0.6) is 0 Å². The minimum atomic E-state index is 0. The molecule has 17 heavy (non-hydrogen) atoms. The molecule has 0 aliphatic heterocycles. The molecule has 0 spiro atoms. The van der Waals surface area contributed by atoms with E-state index in [0.29, 0.717) is 0 Å². The van der Waals surface area contributed by atoms with Gasteiger partial charge in [-0.2, -0.15) is 0 Å². The van der Waals surface area contributed by atoms with Gasteiger partial charge in [0.25, 0.3) is 0 Å². The van der Waals surface area contributed by atoms with Gasteiger partial charge in [0.2, 0.25) is 0 Å². The zero-order valence-corrected chi connectivity index (χ0v) is 13.2. The summed E-state index contributed by atoms with van der Waals surface area (Å²) in [6, 6.07) is 21.6. The SMILES string of the molecule is Cl.Cl.c1ccc([CH2][Ge][CH2]c2ccccc2)cc1. The van der Waals surface area contributed by atoms with Gasteiger partial charge in [-0.05, 0) is 0 Å². The number of rotatable bonds is 4. The van der Waals surface area contributed by atoms with Gasteiger partial charge in [0.1, 0.15) is 0 Å². The molecule has 0 atom stereocenters. The fourth-order valence-electron chi connectivity index (χ4n) is 1.54. The molecule has 2 aromatic carbocycles. The quantitative estimate of drug-likeness (QED) is 0.746. The third-order valence-corrected chi connectivity index (χ3v) is 5.11. The van der Waals surface area contributed by atoms with Crippen molar-refractivity contribution >= 4 is 40.2 Å². The Morgan fingerprint density at radius 1 is 0.588 bits per heavy atom. The fourth-order valence-corrected chi connectivity index (χ4v) is 4.01. The first kappa shape index (κ1) is 16.6. The Balaban J connectivity index is 0.00000128. The van der Waals surface area contributed by atoms with Crippen LogP contribution in [0.2, 0.25) is 0 Å². The van der Waals surface area contributed by atoms with Gasteiger partial charge in [-0.25, -0.2) is 0 Å². The molecule has 0 aliphatic carbocycles. The van der Waals surface area contributed by atoms with Crippen LogP contribution in [0.15, 0.2) is 60.7 Å². The molecule has 0 saturated carbocycles. The Labute approximate surface area is 122 Å². The van der Waals surface area contributed by atoms with E-state index in [-0.39, 0.29) is 40.2 Å². The van der Waals surface area contributed by atoms with Crippen LogP contribution >= 0.6 is 24.8 Å². The zero-order chi connectivity index (χ0) is 10.3. The van der Waals surface area contributed by atoms with Crippen molar-refractivity contribution < 1.29 is 0 Å². The molecular formula is C14H16Cl2Ge. The fraction of sp³-hybridized carbons (Fsp3) is 0.143. The van der Waals surface area contributed by atoms with Crippen molar-refractivity contribution in [2.75, 3.05) is 0 Å². The molecule has 0 bridgehead atoms. The van der Waals surface area contributed by atoms with E-state index in [4.69, 9.17) is 0 Å². The van der Waals surface area contributed by atoms with E-state index in [1.54, 1.807) is 0 Å². The van der Waals surface area contributed by atoms with Gasteiger partial charge in [0, 0.05) is 0 Å². The normalized spacial score (nSPS) is 8.94. The predicted octanol–water partition coefficient (Wildman–Crippen LogP) is 3.93. The van der Waals surface area contributed by atoms with Crippen molar-refractivity contribution in [2.45, 2.75) is 10.5 Å². The summed E-state index contributed by atoms with van der Waals surface area (Å²) in [5.74, 6) is 0. The Kier molecular flexibility index (Phi) is 9.33. The van der Waals surface area contributed by atoms with Gasteiger partial charge in [-0.3, -0.25) is 0 Å². The maximum absolute atomic E-state index is 2.23. The van der Waals surface area contributed by atoms with Gasteiger partial charge < -0.3 is 0 Å². The van der Waals surface area contributed by atoms with E-state index in [0.717, 1.165) is 0 Å². The monoisotopic (exact) mass is 328 g/mol. The molecule has 2 aromatic rings. The summed E-state index contributed by atoms with van der Waals surface area (Å²) in [6.45, 7) is 0. The molecule has 0 saturated heterocycles. The average molecular weight is 328 g/mol. The van der Waals surface area contributed by atoms with Crippen LogP contribution in [0.4, 0.5) is 0 Å². The van der Waals surface area contributed by atoms with Crippen LogP contribution in [-0.4, -0.2) is 15.4 Å². The van der Waals surface area contributed by atoms with E-state index in [9.17, 15) is 0 Å². The van der Waals surface area contributed by atoms with Gasteiger partial charge in [-0.15, -0.1) is 24.8 Å². The van der Waals surface area contributed by atoms with Crippen molar-refractivity contribution in [1.29, 1.82) is 0 Å². The summed E-state index contributed by atoms with van der Waals surface area (Å²) in [7, 11) is 0. The molecule has 0 N–H and O–H groups in total. The van der Waals surface area contributed by atoms with Crippen LogP contribution in [0, 0.1) is 0 Å². The van der Waals surface area contributed by atoms with E-state index >= 15 is 0 Å². The molecule has 0 aromatic heterocycles. The Hall–Kier alpha value is -0.437. The summed E-state index contributed by atoms with van der Waals surface area (Å²) < 4.78 is 0. The molecule has 0 fully saturated rings. The number of hydrogen-bond acceptors (Lipinski definition) is 0. The summed E-state index contributed by atoms with van der Waals surface area (Å²) in [5, 5.41) is 2.60. The molecule has 2 radical (unpaired) electrons. The molecule has 3 heteroatoms. The molecule has 90 valence electrons. The maximum atomic E-state index is 2.23. The molecule has 2 rings (SSSR count). The third kappa shape index (κ3) is 6.16. The van der Waals surface area contributed by atoms with E-state index in [1.165, 1.54) is 21.6 Å². The Bertz CT molecular complexity index is 350. The summed E-state index contributed by atoms with van der Waals surface area (Å²) in [4.78, 5) is 0. The summed E-state index contributed by atoms with van der Waals surface area (Å²) >= 11 is 0.136. The number of benzene rings is 2. The second-order valence-corrected chi connectivity index (χ2v) is 6.11. The number of halogens is 2. The van der Waals surface area contributed by atoms with Crippen LogP contribution < -0.4 is 0 Å². The molecule has 0 unspecified atom stereocenters. The Morgan fingerprint density at radius 2 is 0.941 bits per heavy atom. The van der Waals surface area contributed by atoms with Crippen LogP contribution in [0.1, 0.15) is 11.1 Å². The molecular weight excluding hydrogens is 312 g/mol. The predicted molar refractivity (Wildman–Crippen MR) is 80.5 cm³/mol. The molecule has 0 heterocycles. The minimum absolute atomic E-state index is 0. The van der Waals surface area contributed by atoms with Crippen molar-refractivity contribution in [3.63, 3.8) is 0 Å². The van der Waals surface area contributed by atoms with Crippen LogP contribution in [-0.2, 0) is 10.5 Å². The Morgan fingerprint density at radius 3 is 1.29 bits per heavy atom. The molecule has 0 amide bonds. The van der Waals surface area contributed by atoms with Gasteiger partial charge >= 0.3 is 97.7 Å². The van der Waals surface area contributed by atoms with Crippen molar-refractivity contribution in [1.82, 2.24) is 0 Å². The second kappa shape index (κ2) is 9.58. The van der Waals surface area contributed by atoms with Crippen LogP contribution in [0.25, 0.3) is 0 Å². The standard InChI is InChI=1S/C14H14Ge.2ClH/c1-3-7-13(8-4-1)11-15-12-14-9-5-2-6-10-14;;/h1-10H,11-12H2;2*1H. The second-order valence-electron chi connectivity index (χ2n) is 3.57. The van der Waals surface area contributed by atoms with Gasteiger partial charge in [-0.1, -0.05) is 0 Å². The summed E-state index contributed by atoms with van der Waals surface area (Å²) in [5.41, 5.74) is 2.99. The number of hydrogen-bond donors (Lipinski definition) is 0. The van der Waals surface area contributed by atoms with Crippen molar-refractivity contribution in [2.24, 2.45) is 0 Å².